The number of halogens is 1. The monoisotopic (exact) mass is 374 g/mol. The molecule has 5 rings (SSSR count). The third-order valence-corrected chi connectivity index (χ3v) is 6.71. The third-order valence-electron chi connectivity index (χ3n) is 6.46. The van der Waals surface area contributed by atoms with Gasteiger partial charge in [-0.05, 0) is 67.6 Å². The van der Waals surface area contributed by atoms with Crippen LogP contribution in [0.2, 0.25) is 5.02 Å². The van der Waals surface area contributed by atoms with Crippen LogP contribution in [0.1, 0.15) is 57.1 Å². The minimum absolute atomic E-state index is 0.117. The highest BCUT2D eigenvalue weighted by molar-refractivity contribution is 6.30. The van der Waals surface area contributed by atoms with Crippen molar-refractivity contribution in [2.45, 2.75) is 57.5 Å². The molecular weight excluding hydrogens is 348 g/mol. The highest BCUT2D eigenvalue weighted by Crippen LogP contribution is 2.47. The largest absolute Gasteiger partial charge is 0.349 e. The molecule has 5 atom stereocenters. The highest BCUT2D eigenvalue weighted by atomic mass is 35.5. The maximum absolute atomic E-state index is 13.2. The Morgan fingerprint density at radius 1 is 1.08 bits per heavy atom. The van der Waals surface area contributed by atoms with Crippen molar-refractivity contribution in [3.63, 3.8) is 0 Å². The summed E-state index contributed by atoms with van der Waals surface area (Å²) in [6, 6.07) is 7.51. The van der Waals surface area contributed by atoms with E-state index in [1.807, 2.05) is 24.3 Å². The lowest BCUT2D eigenvalue weighted by molar-refractivity contribution is -0.134. The lowest BCUT2D eigenvalue weighted by atomic mass is 9.68. The van der Waals surface area contributed by atoms with Gasteiger partial charge in [-0.3, -0.25) is 9.59 Å². The Morgan fingerprint density at radius 3 is 2.31 bits per heavy atom. The van der Waals surface area contributed by atoms with E-state index < -0.39 is 0 Å². The molecule has 0 radical (unpaired) electrons. The van der Waals surface area contributed by atoms with Gasteiger partial charge in [0.1, 0.15) is 0 Å². The molecule has 4 nitrogen and oxygen atoms in total. The van der Waals surface area contributed by atoms with Gasteiger partial charge in [0.25, 0.3) is 0 Å². The summed E-state index contributed by atoms with van der Waals surface area (Å²) in [4.78, 5) is 27.0. The number of nitrogens with zero attached hydrogens (tertiary/aromatic N) is 1. The third kappa shape index (κ3) is 3.75. The Morgan fingerprint density at radius 2 is 1.69 bits per heavy atom. The molecule has 2 heterocycles. The molecule has 2 aliphatic carbocycles. The SMILES string of the molecule is CC(=O)N[C@H](CC(=O)N1CC2C[C@@H]3CC1C[C@H](C2)C3)c1ccc(Cl)cc1. The summed E-state index contributed by atoms with van der Waals surface area (Å²) in [6.45, 7) is 2.41. The van der Waals surface area contributed by atoms with Crippen LogP contribution in [0.3, 0.4) is 0 Å². The van der Waals surface area contributed by atoms with Crippen LogP contribution in [-0.2, 0) is 9.59 Å². The average molecular weight is 375 g/mol. The van der Waals surface area contributed by atoms with Gasteiger partial charge in [-0.1, -0.05) is 23.7 Å². The fourth-order valence-electron chi connectivity index (χ4n) is 5.57. The first-order valence-electron chi connectivity index (χ1n) is 9.80. The van der Waals surface area contributed by atoms with Gasteiger partial charge in [0, 0.05) is 24.5 Å². The van der Waals surface area contributed by atoms with E-state index in [1.54, 1.807) is 0 Å². The minimum Gasteiger partial charge on any atom is -0.349 e. The zero-order chi connectivity index (χ0) is 18.3. The molecule has 26 heavy (non-hydrogen) atoms. The van der Waals surface area contributed by atoms with E-state index in [0.29, 0.717) is 23.4 Å². The van der Waals surface area contributed by atoms with E-state index in [0.717, 1.165) is 23.9 Å². The van der Waals surface area contributed by atoms with Gasteiger partial charge in [-0.25, -0.2) is 0 Å². The van der Waals surface area contributed by atoms with E-state index in [9.17, 15) is 9.59 Å². The second-order valence-electron chi connectivity index (χ2n) is 8.49. The van der Waals surface area contributed by atoms with Crippen LogP contribution in [-0.4, -0.2) is 29.3 Å². The van der Waals surface area contributed by atoms with E-state index >= 15 is 0 Å². The quantitative estimate of drug-likeness (QED) is 0.867. The molecule has 2 saturated heterocycles. The highest BCUT2D eigenvalue weighted by Gasteiger charge is 2.44. The summed E-state index contributed by atoms with van der Waals surface area (Å²) in [5, 5.41) is 3.60. The van der Waals surface area contributed by atoms with Gasteiger partial charge in [-0.15, -0.1) is 0 Å². The molecule has 2 aliphatic heterocycles. The van der Waals surface area contributed by atoms with Gasteiger partial charge < -0.3 is 10.2 Å². The van der Waals surface area contributed by atoms with Crippen LogP contribution in [0, 0.1) is 17.8 Å². The van der Waals surface area contributed by atoms with Crippen LogP contribution in [0.15, 0.2) is 24.3 Å². The van der Waals surface area contributed by atoms with Gasteiger partial charge in [-0.2, -0.15) is 0 Å². The van der Waals surface area contributed by atoms with E-state index in [2.05, 4.69) is 10.2 Å². The predicted octanol–water partition coefficient (Wildman–Crippen LogP) is 3.94. The number of benzene rings is 1. The Bertz CT molecular complexity index is 676. The molecule has 140 valence electrons. The number of hydrogen-bond acceptors (Lipinski definition) is 2. The molecule has 2 amide bonds. The van der Waals surface area contributed by atoms with Crippen molar-refractivity contribution >= 4 is 23.4 Å². The average Bonchev–Trinajstić information content (AvgIpc) is 2.78. The Balaban J connectivity index is 1.50. The first-order chi connectivity index (χ1) is 12.5. The van der Waals surface area contributed by atoms with Crippen molar-refractivity contribution in [1.82, 2.24) is 10.2 Å². The van der Waals surface area contributed by atoms with E-state index in [4.69, 9.17) is 11.6 Å². The Labute approximate surface area is 160 Å². The van der Waals surface area contributed by atoms with Crippen LogP contribution in [0.25, 0.3) is 0 Å². The summed E-state index contributed by atoms with van der Waals surface area (Å²) >= 11 is 5.98. The maximum atomic E-state index is 13.2. The van der Waals surface area contributed by atoms with Crippen molar-refractivity contribution in [3.8, 4) is 0 Å². The van der Waals surface area contributed by atoms with E-state index in [1.165, 1.54) is 39.0 Å². The molecule has 4 bridgehead atoms. The molecular formula is C21H27ClN2O2. The minimum atomic E-state index is -0.296. The molecule has 2 saturated carbocycles. The number of fused-ring (bicyclic) bond motifs is 1. The zero-order valence-electron chi connectivity index (χ0n) is 15.3. The number of amides is 2. The van der Waals surface area contributed by atoms with Crippen LogP contribution in [0.5, 0.6) is 0 Å². The first kappa shape index (κ1) is 17.8. The Hall–Kier alpha value is -1.55. The summed E-state index contributed by atoms with van der Waals surface area (Å²) in [5.74, 6) is 2.37. The number of hydrogen-bond donors (Lipinski definition) is 1. The summed E-state index contributed by atoms with van der Waals surface area (Å²) < 4.78 is 0. The topological polar surface area (TPSA) is 49.4 Å². The molecule has 5 heteroatoms. The Kier molecular flexibility index (Phi) is 4.96. The molecule has 0 spiro atoms. The van der Waals surface area contributed by atoms with Crippen LogP contribution in [0.4, 0.5) is 0 Å². The lowest BCUT2D eigenvalue weighted by Crippen LogP contribution is -2.43. The van der Waals surface area contributed by atoms with Crippen molar-refractivity contribution < 1.29 is 9.59 Å². The number of nitrogens with one attached hydrogen (secondary N) is 1. The maximum Gasteiger partial charge on any atom is 0.225 e. The van der Waals surface area contributed by atoms with E-state index in [-0.39, 0.29) is 17.9 Å². The van der Waals surface area contributed by atoms with Crippen LogP contribution >= 0.6 is 11.6 Å². The second-order valence-corrected chi connectivity index (χ2v) is 8.92. The summed E-state index contributed by atoms with van der Waals surface area (Å²) in [7, 11) is 0. The number of rotatable bonds is 4. The first-order valence-corrected chi connectivity index (χ1v) is 10.2. The second kappa shape index (κ2) is 7.22. The molecule has 4 fully saturated rings. The van der Waals surface area contributed by atoms with Crippen molar-refractivity contribution in [2.75, 3.05) is 6.54 Å². The van der Waals surface area contributed by atoms with Gasteiger partial charge in [0.15, 0.2) is 0 Å². The zero-order valence-corrected chi connectivity index (χ0v) is 16.0. The molecule has 2 unspecified atom stereocenters. The molecule has 0 aromatic heterocycles. The van der Waals surface area contributed by atoms with Gasteiger partial charge >= 0.3 is 0 Å². The standard InChI is InChI=1S/C21H27ClN2O2/c1-13(25)23-20(17-2-4-18(22)5-3-17)11-21(26)24-12-16-7-14-6-15(8-16)10-19(24)9-14/h2-5,14-16,19-20H,6-12H2,1H3,(H,23,25)/t14-,15+,16?,19?,20-/m1/s1. The van der Waals surface area contributed by atoms with Gasteiger partial charge in [0.05, 0.1) is 12.5 Å². The predicted molar refractivity (Wildman–Crippen MR) is 102 cm³/mol. The molecule has 1 N–H and O–H groups in total. The summed E-state index contributed by atoms with van der Waals surface area (Å²) in [5.41, 5.74) is 0.929. The van der Waals surface area contributed by atoms with Crippen molar-refractivity contribution in [3.05, 3.63) is 34.9 Å². The molecule has 1 aromatic carbocycles. The number of carbonyl (C=O) groups excluding carboxylic acids is 2. The fourth-order valence-corrected chi connectivity index (χ4v) is 5.70. The number of carbonyl (C=O) groups is 2. The van der Waals surface area contributed by atoms with Crippen molar-refractivity contribution in [1.29, 1.82) is 0 Å². The van der Waals surface area contributed by atoms with Crippen LogP contribution < -0.4 is 5.32 Å². The molecule has 1 aromatic rings. The molecule has 4 aliphatic rings. The fraction of sp³-hybridized carbons (Fsp3) is 0.619. The summed E-state index contributed by atoms with van der Waals surface area (Å²) in [6.07, 6.45) is 6.62. The normalized spacial score (nSPS) is 30.8. The van der Waals surface area contributed by atoms with Crippen molar-refractivity contribution in [2.24, 2.45) is 17.8 Å². The smallest absolute Gasteiger partial charge is 0.225 e. The lowest BCUT2D eigenvalue weighted by Gasteiger charge is -2.39. The van der Waals surface area contributed by atoms with Gasteiger partial charge in [0.2, 0.25) is 11.8 Å².